The van der Waals surface area contributed by atoms with E-state index in [-0.39, 0.29) is 12.4 Å². The van der Waals surface area contributed by atoms with E-state index in [4.69, 9.17) is 11.6 Å². The van der Waals surface area contributed by atoms with Crippen molar-refractivity contribution in [2.75, 3.05) is 0 Å². The molecule has 0 fully saturated rings. The molecule has 0 aliphatic carbocycles. The third kappa shape index (κ3) is 3.14. The summed E-state index contributed by atoms with van der Waals surface area (Å²) >= 11 is 6.21. The minimum absolute atomic E-state index is 0.114. The van der Waals surface area contributed by atoms with Crippen LogP contribution in [0.1, 0.15) is 30.2 Å². The van der Waals surface area contributed by atoms with Gasteiger partial charge in [-0.25, -0.2) is 9.07 Å². The van der Waals surface area contributed by atoms with Crippen LogP contribution in [0, 0.1) is 5.82 Å². The fourth-order valence-electron chi connectivity index (χ4n) is 1.99. The maximum absolute atomic E-state index is 12.8. The molecule has 3 nitrogen and oxygen atoms in total. The van der Waals surface area contributed by atoms with Gasteiger partial charge in [0, 0.05) is 5.56 Å². The van der Waals surface area contributed by atoms with Crippen LogP contribution in [0.2, 0.25) is 5.15 Å². The van der Waals surface area contributed by atoms with Crippen LogP contribution in [0.5, 0.6) is 0 Å². The van der Waals surface area contributed by atoms with Crippen LogP contribution in [0.4, 0.5) is 4.39 Å². The van der Waals surface area contributed by atoms with Gasteiger partial charge in [-0.2, -0.15) is 5.10 Å². The molecule has 0 amide bonds. The van der Waals surface area contributed by atoms with Gasteiger partial charge < -0.3 is 5.11 Å². The highest BCUT2D eigenvalue weighted by molar-refractivity contribution is 6.30. The summed E-state index contributed by atoms with van der Waals surface area (Å²) in [4.78, 5) is 0. The summed E-state index contributed by atoms with van der Waals surface area (Å²) in [6.45, 7) is 2.40. The Hall–Kier alpha value is -1.39. The first kappa shape index (κ1) is 14.0. The van der Waals surface area contributed by atoms with Crippen molar-refractivity contribution in [3.8, 4) is 0 Å². The summed E-state index contributed by atoms with van der Waals surface area (Å²) in [5.74, 6) is -0.266. The number of rotatable bonds is 5. The SMILES string of the molecule is CCCc1nn(Cc2ccc(F)cc2)c(Cl)c1CO. The fraction of sp³-hybridized carbons (Fsp3) is 0.357. The van der Waals surface area contributed by atoms with Crippen LogP contribution in [0.15, 0.2) is 24.3 Å². The van der Waals surface area contributed by atoms with Crippen molar-refractivity contribution >= 4 is 11.6 Å². The minimum Gasteiger partial charge on any atom is -0.391 e. The molecule has 0 saturated heterocycles. The van der Waals surface area contributed by atoms with Gasteiger partial charge in [0.05, 0.1) is 18.8 Å². The third-order valence-corrected chi connectivity index (χ3v) is 3.38. The Labute approximate surface area is 116 Å². The maximum Gasteiger partial charge on any atom is 0.133 e. The summed E-state index contributed by atoms with van der Waals surface area (Å²) in [5.41, 5.74) is 2.43. The highest BCUT2D eigenvalue weighted by Gasteiger charge is 2.15. The lowest BCUT2D eigenvalue weighted by molar-refractivity contribution is 0.280. The molecule has 0 aliphatic rings. The molecule has 1 N–H and O–H groups in total. The number of halogens is 2. The number of aromatic nitrogens is 2. The highest BCUT2D eigenvalue weighted by Crippen LogP contribution is 2.22. The van der Waals surface area contributed by atoms with E-state index < -0.39 is 0 Å². The zero-order valence-electron chi connectivity index (χ0n) is 10.7. The molecule has 1 heterocycles. The van der Waals surface area contributed by atoms with Crippen LogP contribution in [-0.4, -0.2) is 14.9 Å². The second-order valence-electron chi connectivity index (χ2n) is 4.41. The van der Waals surface area contributed by atoms with Crippen LogP contribution in [0.25, 0.3) is 0 Å². The molecule has 0 atom stereocenters. The van der Waals surface area contributed by atoms with Crippen molar-refractivity contribution in [2.45, 2.75) is 32.9 Å². The first-order chi connectivity index (χ1) is 9.15. The molecule has 0 unspecified atom stereocenters. The lowest BCUT2D eigenvalue weighted by Crippen LogP contribution is -2.02. The average molecular weight is 283 g/mol. The molecule has 5 heteroatoms. The smallest absolute Gasteiger partial charge is 0.133 e. The third-order valence-electron chi connectivity index (χ3n) is 2.96. The van der Waals surface area contributed by atoms with Gasteiger partial charge in [0.15, 0.2) is 0 Å². The first-order valence-electron chi connectivity index (χ1n) is 6.25. The molecule has 19 heavy (non-hydrogen) atoms. The van der Waals surface area contributed by atoms with Crippen LogP contribution < -0.4 is 0 Å². The molecule has 1 aromatic carbocycles. The molecule has 1 aromatic heterocycles. The second-order valence-corrected chi connectivity index (χ2v) is 4.77. The van der Waals surface area contributed by atoms with Gasteiger partial charge in [-0.1, -0.05) is 37.1 Å². The maximum atomic E-state index is 12.8. The number of benzene rings is 1. The summed E-state index contributed by atoms with van der Waals surface area (Å²) in [6.07, 6.45) is 1.73. The zero-order valence-corrected chi connectivity index (χ0v) is 11.5. The van der Waals surface area contributed by atoms with E-state index in [0.29, 0.717) is 17.3 Å². The lowest BCUT2D eigenvalue weighted by Gasteiger charge is -2.03. The molecular weight excluding hydrogens is 267 g/mol. The van der Waals surface area contributed by atoms with Gasteiger partial charge >= 0.3 is 0 Å². The van der Waals surface area contributed by atoms with Gasteiger partial charge in [0.1, 0.15) is 11.0 Å². The van der Waals surface area contributed by atoms with Crippen molar-refractivity contribution < 1.29 is 9.50 Å². The predicted molar refractivity (Wildman–Crippen MR) is 72.7 cm³/mol. The Morgan fingerprint density at radius 1 is 1.32 bits per heavy atom. The molecule has 2 rings (SSSR count). The zero-order chi connectivity index (χ0) is 13.8. The Morgan fingerprint density at radius 2 is 2.00 bits per heavy atom. The monoisotopic (exact) mass is 282 g/mol. The average Bonchev–Trinajstić information content (AvgIpc) is 2.69. The van der Waals surface area contributed by atoms with Gasteiger partial charge in [-0.15, -0.1) is 0 Å². The number of hydrogen-bond acceptors (Lipinski definition) is 2. The molecule has 0 radical (unpaired) electrons. The fourth-order valence-corrected chi connectivity index (χ4v) is 2.25. The number of hydrogen-bond donors (Lipinski definition) is 1. The van der Waals surface area contributed by atoms with E-state index in [0.717, 1.165) is 24.1 Å². The minimum atomic E-state index is -0.266. The molecule has 0 aliphatic heterocycles. The number of aliphatic hydroxyl groups excluding tert-OH is 1. The Morgan fingerprint density at radius 3 is 2.58 bits per heavy atom. The summed E-state index contributed by atoms with van der Waals surface area (Å²) in [6, 6.07) is 6.22. The first-order valence-corrected chi connectivity index (χ1v) is 6.62. The Bertz CT molecular complexity index is 551. The Balaban J connectivity index is 2.27. The number of aryl methyl sites for hydroxylation is 1. The van der Waals surface area contributed by atoms with E-state index in [2.05, 4.69) is 5.10 Å². The molecular formula is C14H16ClFN2O. The largest absolute Gasteiger partial charge is 0.391 e. The molecule has 0 bridgehead atoms. The summed E-state index contributed by atoms with van der Waals surface area (Å²) in [7, 11) is 0. The second kappa shape index (κ2) is 6.17. The number of aliphatic hydroxyl groups is 1. The van der Waals surface area contributed by atoms with Crippen molar-refractivity contribution in [2.24, 2.45) is 0 Å². The van der Waals surface area contributed by atoms with Crippen LogP contribution >= 0.6 is 11.6 Å². The van der Waals surface area contributed by atoms with Crippen LogP contribution in [-0.2, 0) is 19.6 Å². The quantitative estimate of drug-likeness (QED) is 0.915. The molecule has 2 aromatic rings. The highest BCUT2D eigenvalue weighted by atomic mass is 35.5. The topological polar surface area (TPSA) is 38.0 Å². The molecule has 0 spiro atoms. The number of nitrogens with zero attached hydrogens (tertiary/aromatic N) is 2. The molecule has 102 valence electrons. The van der Waals surface area contributed by atoms with Gasteiger partial charge in [0.2, 0.25) is 0 Å². The van der Waals surface area contributed by atoms with E-state index in [1.54, 1.807) is 16.8 Å². The van der Waals surface area contributed by atoms with E-state index in [1.165, 1.54) is 12.1 Å². The summed E-state index contributed by atoms with van der Waals surface area (Å²) < 4.78 is 14.5. The standard InChI is InChI=1S/C14H16ClFN2O/c1-2-3-13-12(9-19)14(15)18(17-13)8-10-4-6-11(16)7-5-10/h4-7,19H,2-3,8-9H2,1H3. The van der Waals surface area contributed by atoms with E-state index >= 15 is 0 Å². The summed E-state index contributed by atoms with van der Waals surface area (Å²) in [5, 5.41) is 14.2. The van der Waals surface area contributed by atoms with E-state index in [1.807, 2.05) is 6.92 Å². The predicted octanol–water partition coefficient (Wildman–Crippen LogP) is 3.17. The lowest BCUT2D eigenvalue weighted by atomic mass is 10.2. The van der Waals surface area contributed by atoms with Crippen molar-refractivity contribution in [3.05, 3.63) is 52.1 Å². The van der Waals surface area contributed by atoms with Gasteiger partial charge in [0.25, 0.3) is 0 Å². The molecule has 0 saturated carbocycles. The van der Waals surface area contributed by atoms with Crippen molar-refractivity contribution in [1.82, 2.24) is 9.78 Å². The normalized spacial score (nSPS) is 10.9. The van der Waals surface area contributed by atoms with Gasteiger partial charge in [-0.3, -0.25) is 0 Å². The van der Waals surface area contributed by atoms with Crippen molar-refractivity contribution in [3.63, 3.8) is 0 Å². The van der Waals surface area contributed by atoms with Gasteiger partial charge in [-0.05, 0) is 24.1 Å². The van der Waals surface area contributed by atoms with E-state index in [9.17, 15) is 9.50 Å². The van der Waals surface area contributed by atoms with Crippen molar-refractivity contribution in [1.29, 1.82) is 0 Å². The Kier molecular flexibility index (Phi) is 4.56. The van der Waals surface area contributed by atoms with Crippen LogP contribution in [0.3, 0.4) is 0 Å².